The summed E-state index contributed by atoms with van der Waals surface area (Å²) in [7, 11) is 0. The molecule has 8 heteroatoms. The van der Waals surface area contributed by atoms with Crippen molar-refractivity contribution < 1.29 is 9.21 Å². The number of nitrogens with zero attached hydrogens (tertiary/aromatic N) is 3. The zero-order chi connectivity index (χ0) is 14.1. The Labute approximate surface area is 114 Å². The number of nitrogens with two attached hydrogens (primary N) is 1. The molecule has 3 rings (SSSR count). The smallest absolute Gasteiger partial charge is 0.346 e. The van der Waals surface area contributed by atoms with Crippen LogP contribution < -0.4 is 17.0 Å². The minimum atomic E-state index is -0.526. The number of carbonyl (C=O) groups excluding carboxylic acids is 1. The molecular weight excluding hydrogens is 262 g/mol. The number of nitrogen functional groups attached to an aromatic ring is 1. The summed E-state index contributed by atoms with van der Waals surface area (Å²) < 4.78 is 8.14. The maximum absolute atomic E-state index is 12.2. The molecule has 0 spiro atoms. The molecule has 0 bridgehead atoms. The van der Waals surface area contributed by atoms with Crippen molar-refractivity contribution in [3.05, 3.63) is 40.0 Å². The van der Waals surface area contributed by atoms with Crippen LogP contribution in [0.4, 0.5) is 0 Å². The summed E-state index contributed by atoms with van der Waals surface area (Å²) in [5, 5.41) is 4.31. The number of aryl methyl sites for hydroxylation is 1. The molecule has 8 nitrogen and oxygen atoms in total. The number of furan rings is 1. The number of hydrogen-bond acceptors (Lipinski definition) is 5. The molecule has 106 valence electrons. The quantitative estimate of drug-likeness (QED) is 0.452. The molecule has 3 N–H and O–H groups in total. The third-order valence-electron chi connectivity index (χ3n) is 3.44. The SMILES string of the molecule is NNC(=O)c1occc1Cn1nc2n(c1=O)CCCC2. The van der Waals surface area contributed by atoms with Gasteiger partial charge in [-0.25, -0.2) is 15.3 Å². The molecule has 2 aromatic rings. The molecule has 0 atom stereocenters. The van der Waals surface area contributed by atoms with E-state index in [-0.39, 0.29) is 18.0 Å². The predicted molar refractivity (Wildman–Crippen MR) is 68.9 cm³/mol. The molecule has 0 saturated heterocycles. The number of carbonyl (C=O) groups is 1. The van der Waals surface area contributed by atoms with Gasteiger partial charge >= 0.3 is 11.6 Å². The number of fused-ring (bicyclic) bond motifs is 1. The summed E-state index contributed by atoms with van der Waals surface area (Å²) in [4.78, 5) is 23.7. The minimum absolute atomic E-state index is 0.102. The number of aromatic nitrogens is 3. The van der Waals surface area contributed by atoms with Gasteiger partial charge in [0.05, 0.1) is 12.8 Å². The molecule has 0 fully saturated rings. The van der Waals surface area contributed by atoms with Crippen molar-refractivity contribution in [1.29, 1.82) is 0 Å². The second kappa shape index (κ2) is 4.97. The summed E-state index contributed by atoms with van der Waals surface area (Å²) in [5.74, 6) is 5.46. The van der Waals surface area contributed by atoms with Gasteiger partial charge in [0, 0.05) is 18.5 Å². The van der Waals surface area contributed by atoms with Crippen molar-refractivity contribution in [2.75, 3.05) is 0 Å². The Balaban J connectivity index is 1.93. The largest absolute Gasteiger partial charge is 0.459 e. The molecule has 1 amide bonds. The van der Waals surface area contributed by atoms with E-state index in [1.165, 1.54) is 10.9 Å². The molecule has 0 radical (unpaired) electrons. The van der Waals surface area contributed by atoms with Gasteiger partial charge in [0.15, 0.2) is 5.76 Å². The lowest BCUT2D eigenvalue weighted by Crippen LogP contribution is -2.31. The molecule has 1 aliphatic heterocycles. The Morgan fingerprint density at radius 1 is 1.50 bits per heavy atom. The zero-order valence-corrected chi connectivity index (χ0v) is 10.8. The van der Waals surface area contributed by atoms with E-state index in [1.807, 2.05) is 5.43 Å². The molecule has 20 heavy (non-hydrogen) atoms. The average Bonchev–Trinajstić information content (AvgIpc) is 3.05. The van der Waals surface area contributed by atoms with Crippen LogP contribution in [-0.2, 0) is 19.5 Å². The summed E-state index contributed by atoms with van der Waals surface area (Å²) in [6.45, 7) is 0.897. The lowest BCUT2D eigenvalue weighted by Gasteiger charge is -2.09. The summed E-state index contributed by atoms with van der Waals surface area (Å²) in [6, 6.07) is 1.63. The van der Waals surface area contributed by atoms with Crippen molar-refractivity contribution in [2.45, 2.75) is 32.4 Å². The molecular formula is C12H15N5O3. The Hall–Kier alpha value is -2.35. The van der Waals surface area contributed by atoms with Crippen molar-refractivity contribution in [2.24, 2.45) is 5.84 Å². The molecule has 3 heterocycles. The van der Waals surface area contributed by atoms with E-state index in [9.17, 15) is 9.59 Å². The number of hydrogen-bond donors (Lipinski definition) is 2. The first-order valence-corrected chi connectivity index (χ1v) is 6.44. The van der Waals surface area contributed by atoms with E-state index >= 15 is 0 Å². The van der Waals surface area contributed by atoms with Crippen LogP contribution in [0.2, 0.25) is 0 Å². The van der Waals surface area contributed by atoms with Gasteiger partial charge in [0.2, 0.25) is 0 Å². The van der Waals surface area contributed by atoms with E-state index in [0.717, 1.165) is 25.1 Å². The number of nitrogens with one attached hydrogen (secondary N) is 1. The van der Waals surface area contributed by atoms with E-state index in [1.54, 1.807) is 10.6 Å². The summed E-state index contributed by atoms with van der Waals surface area (Å²) in [6.07, 6.45) is 4.23. The first-order chi connectivity index (χ1) is 9.70. The van der Waals surface area contributed by atoms with E-state index < -0.39 is 5.91 Å². The third-order valence-corrected chi connectivity index (χ3v) is 3.44. The van der Waals surface area contributed by atoms with Crippen LogP contribution in [-0.4, -0.2) is 20.3 Å². The first kappa shape index (κ1) is 12.7. The predicted octanol–water partition coefficient (Wildman–Crippen LogP) is -0.374. The summed E-state index contributed by atoms with van der Waals surface area (Å²) >= 11 is 0. The zero-order valence-electron chi connectivity index (χ0n) is 10.8. The highest BCUT2D eigenvalue weighted by Gasteiger charge is 2.20. The van der Waals surface area contributed by atoms with Gasteiger partial charge in [-0.15, -0.1) is 0 Å². The molecule has 0 aliphatic carbocycles. The average molecular weight is 277 g/mol. The maximum Gasteiger partial charge on any atom is 0.346 e. The first-order valence-electron chi connectivity index (χ1n) is 6.44. The van der Waals surface area contributed by atoms with Gasteiger partial charge in [0.25, 0.3) is 0 Å². The fourth-order valence-corrected chi connectivity index (χ4v) is 2.44. The molecule has 1 aliphatic rings. The molecule has 2 aromatic heterocycles. The van der Waals surface area contributed by atoms with Crippen LogP contribution in [0.1, 0.15) is 34.8 Å². The topological polar surface area (TPSA) is 108 Å². The van der Waals surface area contributed by atoms with E-state index in [4.69, 9.17) is 10.3 Å². The van der Waals surface area contributed by atoms with Crippen molar-refractivity contribution in [3.63, 3.8) is 0 Å². The van der Waals surface area contributed by atoms with Crippen LogP contribution in [0, 0.1) is 0 Å². The van der Waals surface area contributed by atoms with Crippen LogP contribution in [0.3, 0.4) is 0 Å². The number of hydrazine groups is 1. The normalized spacial score (nSPS) is 14.1. The van der Waals surface area contributed by atoms with Crippen molar-refractivity contribution in [1.82, 2.24) is 19.8 Å². The Morgan fingerprint density at radius 2 is 2.35 bits per heavy atom. The highest BCUT2D eigenvalue weighted by atomic mass is 16.3. The molecule has 0 saturated carbocycles. The second-order valence-corrected chi connectivity index (χ2v) is 4.71. The van der Waals surface area contributed by atoms with Crippen LogP contribution >= 0.6 is 0 Å². The fourth-order valence-electron chi connectivity index (χ4n) is 2.44. The van der Waals surface area contributed by atoms with Gasteiger partial charge in [-0.3, -0.25) is 14.8 Å². The number of amides is 1. The lowest BCUT2D eigenvalue weighted by molar-refractivity contribution is 0.0924. The van der Waals surface area contributed by atoms with Crippen molar-refractivity contribution >= 4 is 5.91 Å². The van der Waals surface area contributed by atoms with E-state index in [2.05, 4.69) is 5.10 Å². The van der Waals surface area contributed by atoms with E-state index in [0.29, 0.717) is 12.1 Å². The van der Waals surface area contributed by atoms with Crippen molar-refractivity contribution in [3.8, 4) is 0 Å². The van der Waals surface area contributed by atoms with Gasteiger partial charge in [-0.1, -0.05) is 0 Å². The lowest BCUT2D eigenvalue weighted by atomic mass is 10.2. The third kappa shape index (κ3) is 2.03. The van der Waals surface area contributed by atoms with Gasteiger partial charge < -0.3 is 4.42 Å². The summed E-state index contributed by atoms with van der Waals surface area (Å²) in [5.41, 5.74) is 2.43. The number of rotatable bonds is 3. The fraction of sp³-hybridized carbons (Fsp3) is 0.417. The molecule has 0 aromatic carbocycles. The van der Waals surface area contributed by atoms with Crippen LogP contribution in [0.15, 0.2) is 21.5 Å². The standard InChI is InChI=1S/C12H15N5O3/c13-14-11(18)10-8(4-6-20-10)7-17-12(19)16-5-2-1-3-9(16)15-17/h4,6H,1-3,5,7,13H2,(H,14,18). The van der Waals surface area contributed by atoms with Crippen LogP contribution in [0.5, 0.6) is 0 Å². The monoisotopic (exact) mass is 277 g/mol. The molecule has 0 unspecified atom stereocenters. The second-order valence-electron chi connectivity index (χ2n) is 4.71. The Kier molecular flexibility index (Phi) is 3.15. The van der Waals surface area contributed by atoms with Gasteiger partial charge in [-0.05, 0) is 18.9 Å². The Bertz CT molecular complexity index is 696. The Morgan fingerprint density at radius 3 is 3.10 bits per heavy atom. The van der Waals surface area contributed by atoms with Gasteiger partial charge in [-0.2, -0.15) is 5.10 Å². The highest BCUT2D eigenvalue weighted by Crippen LogP contribution is 2.13. The minimum Gasteiger partial charge on any atom is -0.459 e. The maximum atomic E-state index is 12.2. The van der Waals surface area contributed by atoms with Crippen LogP contribution in [0.25, 0.3) is 0 Å². The van der Waals surface area contributed by atoms with Gasteiger partial charge in [0.1, 0.15) is 5.82 Å². The highest BCUT2D eigenvalue weighted by molar-refractivity contribution is 5.92.